The average Bonchev–Trinajstić information content (AvgIpc) is 2.99. The topological polar surface area (TPSA) is 37.4 Å². The highest BCUT2D eigenvalue weighted by atomic mass is 79.9. The summed E-state index contributed by atoms with van der Waals surface area (Å²) in [5.41, 5.74) is -0.342. The maximum atomic E-state index is 12.4. The van der Waals surface area contributed by atoms with E-state index in [9.17, 15) is 9.59 Å². The van der Waals surface area contributed by atoms with Crippen LogP contribution in [0.2, 0.25) is 0 Å². The molecule has 2 amide bonds. The van der Waals surface area contributed by atoms with E-state index in [1.54, 1.807) is 11.3 Å². The molecule has 2 heterocycles. The largest absolute Gasteiger partial charge is 0.277 e. The van der Waals surface area contributed by atoms with E-state index in [-0.39, 0.29) is 17.2 Å². The Hall–Kier alpha value is -0.680. The van der Waals surface area contributed by atoms with Gasteiger partial charge < -0.3 is 0 Å². The Morgan fingerprint density at radius 1 is 1.33 bits per heavy atom. The van der Waals surface area contributed by atoms with Crippen LogP contribution in [0.5, 0.6) is 0 Å². The molecule has 0 radical (unpaired) electrons. The first-order valence-electron chi connectivity index (χ1n) is 6.18. The number of amides is 2. The second-order valence-corrected chi connectivity index (χ2v) is 7.09. The fourth-order valence-corrected chi connectivity index (χ4v) is 4.49. The van der Waals surface area contributed by atoms with Crippen LogP contribution >= 0.6 is 27.3 Å². The maximum Gasteiger partial charge on any atom is 0.236 e. The van der Waals surface area contributed by atoms with Crippen molar-refractivity contribution in [3.05, 3.63) is 20.8 Å². The van der Waals surface area contributed by atoms with E-state index in [1.165, 1.54) is 4.90 Å². The molecule has 1 aliphatic heterocycles. The van der Waals surface area contributed by atoms with Crippen molar-refractivity contribution < 1.29 is 9.59 Å². The fourth-order valence-electron chi connectivity index (χ4n) is 3.06. The van der Waals surface area contributed by atoms with Crippen molar-refractivity contribution in [3.63, 3.8) is 0 Å². The molecule has 0 bridgehead atoms. The van der Waals surface area contributed by atoms with Crippen LogP contribution in [-0.4, -0.2) is 16.7 Å². The second kappa shape index (κ2) is 4.46. The number of hydrogen-bond acceptors (Lipinski definition) is 3. The smallest absolute Gasteiger partial charge is 0.236 e. The van der Waals surface area contributed by atoms with Crippen LogP contribution in [-0.2, 0) is 16.1 Å². The predicted octanol–water partition coefficient (Wildman–Crippen LogP) is 3.33. The second-order valence-electron chi connectivity index (χ2n) is 5.18. The lowest BCUT2D eigenvalue weighted by Crippen LogP contribution is -2.33. The molecule has 0 aromatic carbocycles. The molecule has 5 heteroatoms. The summed E-state index contributed by atoms with van der Waals surface area (Å²) in [6.45, 7) is 0.440. The third-order valence-electron chi connectivity index (χ3n) is 3.99. The molecule has 1 aromatic heterocycles. The Kier molecular flexibility index (Phi) is 3.06. The van der Waals surface area contributed by atoms with Crippen molar-refractivity contribution in [1.82, 2.24) is 4.90 Å². The standard InChI is InChI=1S/C13H14BrNO2S/c14-9-5-10(18-8-9)7-15-11(16)6-13(12(15)17)3-1-2-4-13/h5,8H,1-4,6-7H2. The predicted molar refractivity (Wildman–Crippen MR) is 73.1 cm³/mol. The molecule has 3 nitrogen and oxygen atoms in total. The van der Waals surface area contributed by atoms with E-state index in [1.807, 2.05) is 11.4 Å². The molecule has 3 rings (SSSR count). The van der Waals surface area contributed by atoms with Gasteiger partial charge in [-0.15, -0.1) is 11.3 Å². The van der Waals surface area contributed by atoms with Gasteiger partial charge in [0.1, 0.15) is 0 Å². The summed E-state index contributed by atoms with van der Waals surface area (Å²) in [6.07, 6.45) is 4.37. The molecule has 1 aromatic rings. The van der Waals surface area contributed by atoms with E-state index in [0.29, 0.717) is 13.0 Å². The SMILES string of the molecule is O=C1CC2(CCCC2)C(=O)N1Cc1cc(Br)cs1. The molecular formula is C13H14BrNO2S. The summed E-state index contributed by atoms with van der Waals surface area (Å²) >= 11 is 4.97. The molecule has 1 saturated heterocycles. The van der Waals surface area contributed by atoms with Gasteiger partial charge in [0.25, 0.3) is 0 Å². The van der Waals surface area contributed by atoms with E-state index in [4.69, 9.17) is 0 Å². The van der Waals surface area contributed by atoms with Crippen molar-refractivity contribution >= 4 is 39.1 Å². The van der Waals surface area contributed by atoms with Crippen molar-refractivity contribution in [2.24, 2.45) is 5.41 Å². The highest BCUT2D eigenvalue weighted by Gasteiger charge is 2.52. The molecule has 0 N–H and O–H groups in total. The van der Waals surface area contributed by atoms with E-state index in [0.717, 1.165) is 35.0 Å². The zero-order chi connectivity index (χ0) is 12.8. The molecule has 1 aliphatic carbocycles. The number of imide groups is 1. The first-order valence-corrected chi connectivity index (χ1v) is 7.86. The van der Waals surface area contributed by atoms with Gasteiger partial charge in [-0.05, 0) is 34.8 Å². The molecule has 1 spiro atoms. The number of thiophene rings is 1. The van der Waals surface area contributed by atoms with E-state index < -0.39 is 0 Å². The Morgan fingerprint density at radius 3 is 2.67 bits per heavy atom. The number of carbonyl (C=O) groups is 2. The lowest BCUT2D eigenvalue weighted by atomic mass is 9.84. The van der Waals surface area contributed by atoms with Crippen LogP contribution in [0.1, 0.15) is 37.0 Å². The minimum absolute atomic E-state index is 0.00595. The van der Waals surface area contributed by atoms with E-state index >= 15 is 0 Å². The first-order chi connectivity index (χ1) is 8.61. The molecule has 18 heavy (non-hydrogen) atoms. The third kappa shape index (κ3) is 1.93. The Bertz CT molecular complexity index is 505. The summed E-state index contributed by atoms with van der Waals surface area (Å²) in [7, 11) is 0. The zero-order valence-corrected chi connectivity index (χ0v) is 12.3. The molecule has 0 unspecified atom stereocenters. The average molecular weight is 328 g/mol. The first kappa shape index (κ1) is 12.4. The van der Waals surface area contributed by atoms with Crippen LogP contribution in [0.3, 0.4) is 0 Å². The highest BCUT2D eigenvalue weighted by Crippen LogP contribution is 2.47. The van der Waals surface area contributed by atoms with Crippen LogP contribution in [0.25, 0.3) is 0 Å². The molecule has 0 atom stereocenters. The third-order valence-corrected chi connectivity index (χ3v) is 5.67. The van der Waals surface area contributed by atoms with Gasteiger partial charge in [0.15, 0.2) is 0 Å². The summed E-state index contributed by atoms with van der Waals surface area (Å²) in [5.74, 6) is 0.0703. The van der Waals surface area contributed by atoms with Gasteiger partial charge >= 0.3 is 0 Å². The fraction of sp³-hybridized carbons (Fsp3) is 0.538. The summed E-state index contributed by atoms with van der Waals surface area (Å²) < 4.78 is 1.01. The van der Waals surface area contributed by atoms with E-state index in [2.05, 4.69) is 15.9 Å². The van der Waals surface area contributed by atoms with Crippen molar-refractivity contribution in [2.45, 2.75) is 38.6 Å². The number of rotatable bonds is 2. The van der Waals surface area contributed by atoms with Gasteiger partial charge in [0, 0.05) is 21.2 Å². The Morgan fingerprint density at radius 2 is 2.06 bits per heavy atom. The number of likely N-dealkylation sites (tertiary alicyclic amines) is 1. The zero-order valence-electron chi connectivity index (χ0n) is 9.95. The van der Waals surface area contributed by atoms with Gasteiger partial charge in [0.2, 0.25) is 11.8 Å². The van der Waals surface area contributed by atoms with Crippen LogP contribution in [0.15, 0.2) is 15.9 Å². The monoisotopic (exact) mass is 327 g/mol. The summed E-state index contributed by atoms with van der Waals surface area (Å²) in [6, 6.07) is 1.98. The summed E-state index contributed by atoms with van der Waals surface area (Å²) in [5, 5.41) is 1.98. The lowest BCUT2D eigenvalue weighted by Gasteiger charge is -2.20. The van der Waals surface area contributed by atoms with Crippen molar-refractivity contribution in [2.75, 3.05) is 0 Å². The summed E-state index contributed by atoms with van der Waals surface area (Å²) in [4.78, 5) is 27.0. The van der Waals surface area contributed by atoms with Gasteiger partial charge in [-0.25, -0.2) is 0 Å². The molecule has 96 valence electrons. The van der Waals surface area contributed by atoms with Crippen molar-refractivity contribution in [3.8, 4) is 0 Å². The van der Waals surface area contributed by atoms with Gasteiger partial charge in [-0.3, -0.25) is 14.5 Å². The number of nitrogens with zero attached hydrogens (tertiary/aromatic N) is 1. The maximum absolute atomic E-state index is 12.4. The van der Waals surface area contributed by atoms with Gasteiger partial charge in [-0.2, -0.15) is 0 Å². The minimum atomic E-state index is -0.342. The highest BCUT2D eigenvalue weighted by molar-refractivity contribution is 9.10. The number of hydrogen-bond donors (Lipinski definition) is 0. The minimum Gasteiger partial charge on any atom is -0.277 e. The molecule has 2 aliphatic rings. The van der Waals surface area contributed by atoms with Gasteiger partial charge in [0.05, 0.1) is 12.0 Å². The van der Waals surface area contributed by atoms with Crippen LogP contribution in [0.4, 0.5) is 0 Å². The normalized spacial score (nSPS) is 22.4. The Labute approximate surface area is 118 Å². The number of halogens is 1. The van der Waals surface area contributed by atoms with Crippen LogP contribution < -0.4 is 0 Å². The number of carbonyl (C=O) groups excluding carboxylic acids is 2. The van der Waals surface area contributed by atoms with Crippen LogP contribution in [0, 0.1) is 5.41 Å². The molecular weight excluding hydrogens is 314 g/mol. The quantitative estimate of drug-likeness (QED) is 0.781. The Balaban J connectivity index is 1.80. The lowest BCUT2D eigenvalue weighted by molar-refractivity contribution is -0.142. The van der Waals surface area contributed by atoms with Gasteiger partial charge in [-0.1, -0.05) is 12.8 Å². The van der Waals surface area contributed by atoms with Crippen molar-refractivity contribution in [1.29, 1.82) is 0 Å². The molecule has 1 saturated carbocycles. The molecule has 2 fully saturated rings.